The number of carbonyl (C=O) groups excluding carboxylic acids is 1. The van der Waals surface area contributed by atoms with Gasteiger partial charge in [0.05, 0.1) is 6.54 Å². The van der Waals surface area contributed by atoms with Crippen molar-refractivity contribution in [2.24, 2.45) is 11.1 Å². The van der Waals surface area contributed by atoms with E-state index < -0.39 is 0 Å². The van der Waals surface area contributed by atoms with Crippen molar-refractivity contribution in [2.45, 2.75) is 20.3 Å². The minimum Gasteiger partial charge on any atom is -0.330 e. The molecule has 1 atom stereocenters. The van der Waals surface area contributed by atoms with Crippen LogP contribution in [0, 0.1) is 12.3 Å². The molecule has 1 aromatic rings. The molecule has 1 aromatic carbocycles. The van der Waals surface area contributed by atoms with Crippen molar-refractivity contribution in [1.29, 1.82) is 0 Å². The van der Waals surface area contributed by atoms with E-state index >= 15 is 0 Å². The van der Waals surface area contributed by atoms with Gasteiger partial charge in [-0.05, 0) is 44.0 Å². The molecule has 0 spiro atoms. The zero-order valence-corrected chi connectivity index (χ0v) is 13.0. The Morgan fingerprint density at radius 2 is 2.05 bits per heavy atom. The van der Waals surface area contributed by atoms with E-state index in [4.69, 9.17) is 5.73 Å². The van der Waals surface area contributed by atoms with Crippen LogP contribution in [0.1, 0.15) is 18.9 Å². The van der Waals surface area contributed by atoms with Crippen molar-refractivity contribution < 1.29 is 4.79 Å². The standard InChI is InChI=1S/C15H23N3O.ClH/c1-12-3-5-13(6-4-12)17-14(19)9-18-8-7-15(2,10-16)11-18;/h3-6H,7-11,16H2,1-2H3,(H,17,19);1H. The molecule has 1 amide bonds. The highest BCUT2D eigenvalue weighted by Crippen LogP contribution is 2.28. The number of nitrogens with one attached hydrogen (secondary N) is 1. The van der Waals surface area contributed by atoms with Crippen LogP contribution in [0.15, 0.2) is 24.3 Å². The van der Waals surface area contributed by atoms with Gasteiger partial charge in [-0.2, -0.15) is 0 Å². The maximum absolute atomic E-state index is 12.0. The third kappa shape index (κ3) is 4.47. The Morgan fingerprint density at radius 1 is 1.40 bits per heavy atom. The van der Waals surface area contributed by atoms with Gasteiger partial charge in [-0.25, -0.2) is 0 Å². The van der Waals surface area contributed by atoms with Crippen molar-refractivity contribution in [1.82, 2.24) is 4.90 Å². The Balaban J connectivity index is 0.00000200. The van der Waals surface area contributed by atoms with E-state index in [2.05, 4.69) is 17.1 Å². The van der Waals surface area contributed by atoms with E-state index in [1.165, 1.54) is 5.56 Å². The van der Waals surface area contributed by atoms with Crippen LogP contribution >= 0.6 is 12.4 Å². The fourth-order valence-corrected chi connectivity index (χ4v) is 2.47. The van der Waals surface area contributed by atoms with Gasteiger partial charge in [0.2, 0.25) is 5.91 Å². The molecule has 0 radical (unpaired) electrons. The molecule has 1 saturated heterocycles. The lowest BCUT2D eigenvalue weighted by Gasteiger charge is -2.22. The zero-order chi connectivity index (χ0) is 13.9. The fraction of sp³-hybridized carbons (Fsp3) is 0.533. The summed E-state index contributed by atoms with van der Waals surface area (Å²) in [7, 11) is 0. The van der Waals surface area contributed by atoms with Crippen LogP contribution in [-0.4, -0.2) is 37.0 Å². The van der Waals surface area contributed by atoms with Gasteiger partial charge in [0.1, 0.15) is 0 Å². The monoisotopic (exact) mass is 297 g/mol. The molecule has 0 saturated carbocycles. The molecular formula is C15H24ClN3O. The topological polar surface area (TPSA) is 58.4 Å². The fourth-order valence-electron chi connectivity index (χ4n) is 2.47. The van der Waals surface area contributed by atoms with Crippen LogP contribution in [-0.2, 0) is 4.79 Å². The van der Waals surface area contributed by atoms with E-state index in [9.17, 15) is 4.79 Å². The van der Waals surface area contributed by atoms with Gasteiger partial charge >= 0.3 is 0 Å². The third-order valence-electron chi connectivity index (χ3n) is 3.83. The van der Waals surface area contributed by atoms with Crippen LogP contribution in [0.25, 0.3) is 0 Å². The first-order valence-electron chi connectivity index (χ1n) is 6.80. The van der Waals surface area contributed by atoms with Crippen LogP contribution in [0.4, 0.5) is 5.69 Å². The molecule has 3 N–H and O–H groups in total. The number of rotatable bonds is 4. The highest BCUT2D eigenvalue weighted by atomic mass is 35.5. The molecule has 1 heterocycles. The van der Waals surface area contributed by atoms with Crippen molar-refractivity contribution in [3.8, 4) is 0 Å². The van der Waals surface area contributed by atoms with E-state index in [1.807, 2.05) is 31.2 Å². The Morgan fingerprint density at radius 3 is 2.60 bits per heavy atom. The average Bonchev–Trinajstić information content (AvgIpc) is 2.74. The zero-order valence-electron chi connectivity index (χ0n) is 12.2. The SMILES string of the molecule is Cc1ccc(NC(=O)CN2CCC(C)(CN)C2)cc1.Cl. The Labute approximate surface area is 127 Å². The van der Waals surface area contributed by atoms with Gasteiger partial charge in [-0.15, -0.1) is 12.4 Å². The second kappa shape index (κ2) is 7.07. The number of carbonyl (C=O) groups is 1. The van der Waals surface area contributed by atoms with Crippen molar-refractivity contribution in [3.05, 3.63) is 29.8 Å². The van der Waals surface area contributed by atoms with Crippen LogP contribution in [0.5, 0.6) is 0 Å². The molecular weight excluding hydrogens is 274 g/mol. The molecule has 1 aliphatic heterocycles. The summed E-state index contributed by atoms with van der Waals surface area (Å²) in [6, 6.07) is 7.86. The van der Waals surface area contributed by atoms with E-state index in [0.717, 1.165) is 25.2 Å². The summed E-state index contributed by atoms with van der Waals surface area (Å²) < 4.78 is 0. The number of anilines is 1. The van der Waals surface area contributed by atoms with E-state index in [1.54, 1.807) is 0 Å². The van der Waals surface area contributed by atoms with Crippen LogP contribution in [0.2, 0.25) is 0 Å². The molecule has 2 rings (SSSR count). The Kier molecular flexibility index (Phi) is 5.99. The Hall–Kier alpha value is -1.10. The Bertz CT molecular complexity index is 449. The van der Waals surface area contributed by atoms with Gasteiger partial charge in [0.15, 0.2) is 0 Å². The normalized spacial score (nSPS) is 22.4. The molecule has 0 aliphatic carbocycles. The van der Waals surface area contributed by atoms with Crippen molar-refractivity contribution in [2.75, 3.05) is 31.5 Å². The minimum atomic E-state index is 0. The summed E-state index contributed by atoms with van der Waals surface area (Å²) in [5, 5.41) is 2.93. The molecule has 5 heteroatoms. The van der Waals surface area contributed by atoms with Gasteiger partial charge in [-0.1, -0.05) is 24.6 Å². The number of nitrogens with zero attached hydrogens (tertiary/aromatic N) is 1. The predicted octanol–water partition coefficient (Wildman–Crippen LogP) is 2.03. The summed E-state index contributed by atoms with van der Waals surface area (Å²) in [5.41, 5.74) is 7.99. The molecule has 20 heavy (non-hydrogen) atoms. The summed E-state index contributed by atoms with van der Waals surface area (Å²) >= 11 is 0. The highest BCUT2D eigenvalue weighted by molar-refractivity contribution is 5.92. The molecule has 1 aliphatic rings. The molecule has 0 aromatic heterocycles. The molecule has 1 unspecified atom stereocenters. The lowest BCUT2D eigenvalue weighted by Crippen LogP contribution is -2.35. The van der Waals surface area contributed by atoms with Crippen molar-refractivity contribution in [3.63, 3.8) is 0 Å². The first-order valence-corrected chi connectivity index (χ1v) is 6.80. The predicted molar refractivity (Wildman–Crippen MR) is 85.3 cm³/mol. The second-order valence-corrected chi connectivity index (χ2v) is 5.89. The largest absolute Gasteiger partial charge is 0.330 e. The third-order valence-corrected chi connectivity index (χ3v) is 3.83. The number of likely N-dealkylation sites (tertiary alicyclic amines) is 1. The first kappa shape index (κ1) is 17.0. The maximum Gasteiger partial charge on any atom is 0.238 e. The van der Waals surface area contributed by atoms with Gasteiger partial charge < -0.3 is 11.1 Å². The molecule has 1 fully saturated rings. The summed E-state index contributed by atoms with van der Waals surface area (Å²) in [6.07, 6.45) is 1.07. The quantitative estimate of drug-likeness (QED) is 0.894. The number of amides is 1. The average molecular weight is 298 g/mol. The number of hydrogen-bond donors (Lipinski definition) is 2. The van der Waals surface area contributed by atoms with E-state index in [0.29, 0.717) is 13.1 Å². The summed E-state index contributed by atoms with van der Waals surface area (Å²) in [5.74, 6) is 0.0464. The van der Waals surface area contributed by atoms with Crippen molar-refractivity contribution >= 4 is 24.0 Å². The first-order chi connectivity index (χ1) is 9.00. The molecule has 0 bridgehead atoms. The summed E-state index contributed by atoms with van der Waals surface area (Å²) in [4.78, 5) is 14.1. The number of nitrogens with two attached hydrogens (primary N) is 1. The number of benzene rings is 1. The number of halogens is 1. The van der Waals surface area contributed by atoms with E-state index in [-0.39, 0.29) is 23.7 Å². The van der Waals surface area contributed by atoms with Gasteiger partial charge in [0.25, 0.3) is 0 Å². The maximum atomic E-state index is 12.0. The van der Waals surface area contributed by atoms with Gasteiger partial charge in [-0.3, -0.25) is 9.69 Å². The van der Waals surface area contributed by atoms with Gasteiger partial charge in [0, 0.05) is 12.2 Å². The highest BCUT2D eigenvalue weighted by Gasteiger charge is 2.32. The van der Waals surface area contributed by atoms with Crippen LogP contribution < -0.4 is 11.1 Å². The number of hydrogen-bond acceptors (Lipinski definition) is 3. The smallest absolute Gasteiger partial charge is 0.238 e. The molecule has 112 valence electrons. The lowest BCUT2D eigenvalue weighted by molar-refractivity contribution is -0.117. The summed E-state index contributed by atoms with van der Waals surface area (Å²) in [6.45, 7) is 7.21. The number of aryl methyl sites for hydroxylation is 1. The lowest BCUT2D eigenvalue weighted by atomic mass is 9.90. The van der Waals surface area contributed by atoms with Crippen LogP contribution in [0.3, 0.4) is 0 Å². The second-order valence-electron chi connectivity index (χ2n) is 5.89. The molecule has 4 nitrogen and oxygen atoms in total. The minimum absolute atomic E-state index is 0.